The number of nitrogens with zero attached hydrogens (tertiary/aromatic N) is 2. The Labute approximate surface area is 29.6 Å². The highest BCUT2D eigenvalue weighted by Crippen LogP contribution is 1.69. The van der Waals surface area contributed by atoms with Crippen molar-refractivity contribution in [2.24, 2.45) is 9.75 Å². The van der Waals surface area contributed by atoms with Gasteiger partial charge in [0.25, 0.3) is 0 Å². The van der Waals surface area contributed by atoms with Crippen LogP contribution in [0, 0.1) is 0 Å². The maximum Gasteiger partial charge on any atom is 0.0599 e. The lowest BCUT2D eigenvalue weighted by atomic mass is 11.6. The van der Waals surface area contributed by atoms with Crippen molar-refractivity contribution in [3.63, 3.8) is 0 Å². The highest BCUT2D eigenvalue weighted by molar-refractivity contribution is 6.13. The molecule has 3 heteroatoms. The summed E-state index contributed by atoms with van der Waals surface area (Å²) >= 11 is 4.64. The summed E-state index contributed by atoms with van der Waals surface area (Å²) in [7, 11) is 1.51. The fraction of sp³-hybridized carbons (Fsp3) is 1.00. The van der Waals surface area contributed by atoms with E-state index in [2.05, 4.69) is 21.5 Å². The van der Waals surface area contributed by atoms with Gasteiger partial charge in [0.2, 0.25) is 0 Å². The molecule has 0 N–H and O–H groups in total. The van der Waals surface area contributed by atoms with Crippen LogP contribution >= 0.6 is 11.8 Å². The van der Waals surface area contributed by atoms with E-state index >= 15 is 0 Å². The summed E-state index contributed by atoms with van der Waals surface area (Å²) in [6.07, 6.45) is 0. The molecular formula is CH3ClN2. The monoisotopic (exact) mass is 78.0 g/mol. The number of hydrogen-bond donors (Lipinski definition) is 0. The summed E-state index contributed by atoms with van der Waals surface area (Å²) in [6.45, 7) is 0. The van der Waals surface area contributed by atoms with E-state index in [4.69, 9.17) is 0 Å². The van der Waals surface area contributed by atoms with Gasteiger partial charge in [-0.25, -0.2) is 0 Å². The molecule has 24 valence electrons. The zero-order valence-corrected chi connectivity index (χ0v) is 3.03. The van der Waals surface area contributed by atoms with Gasteiger partial charge in [0.1, 0.15) is 0 Å². The summed E-state index contributed by atoms with van der Waals surface area (Å²) in [6, 6.07) is 0. The molecule has 0 atom stereocenters. The Bertz CT molecular complexity index is 21.2. The lowest BCUT2D eigenvalue weighted by Crippen LogP contribution is -1.27. The Morgan fingerprint density at radius 3 is 2.00 bits per heavy atom. The fourth-order valence-corrected chi connectivity index (χ4v) is 0. The Morgan fingerprint density at radius 2 is 2.00 bits per heavy atom. The first-order valence-corrected chi connectivity index (χ1v) is 1.15. The van der Waals surface area contributed by atoms with Gasteiger partial charge in [-0.1, -0.05) is 4.63 Å². The zero-order valence-electron chi connectivity index (χ0n) is 2.27. The van der Waals surface area contributed by atoms with Crippen LogP contribution in [0.2, 0.25) is 0 Å². The minimum atomic E-state index is 1.51. The van der Waals surface area contributed by atoms with Gasteiger partial charge in [-0.05, 0) is 0 Å². The predicted octanol–water partition coefficient (Wildman–Crippen LogP) is 1.22. The maximum atomic E-state index is 4.64. The standard InChI is InChI=1S/CH3ClN2/c1-3-4-2/h1H3/b4-3+. The minimum Gasteiger partial charge on any atom is -0.180 e. The molecule has 4 heavy (non-hydrogen) atoms. The Kier molecular flexibility index (Phi) is 2.81. The topological polar surface area (TPSA) is 24.7 Å². The van der Waals surface area contributed by atoms with Gasteiger partial charge in [-0.15, -0.1) is 0 Å². The first kappa shape index (κ1) is 3.89. The smallest absolute Gasteiger partial charge is 0.0599 e. The van der Waals surface area contributed by atoms with Crippen molar-refractivity contribution < 1.29 is 0 Å². The van der Waals surface area contributed by atoms with Crippen LogP contribution in [0.15, 0.2) is 9.75 Å². The van der Waals surface area contributed by atoms with Gasteiger partial charge in [0.15, 0.2) is 0 Å². The van der Waals surface area contributed by atoms with Gasteiger partial charge in [-0.2, -0.15) is 5.11 Å². The second kappa shape index (κ2) is 2.89. The van der Waals surface area contributed by atoms with E-state index < -0.39 is 0 Å². The fourth-order valence-electron chi connectivity index (χ4n) is 0. The highest BCUT2D eigenvalue weighted by atomic mass is 35.5. The molecule has 0 aromatic carbocycles. The van der Waals surface area contributed by atoms with Crippen LogP contribution in [0.5, 0.6) is 0 Å². The average molecular weight is 78.5 g/mol. The molecule has 0 spiro atoms. The molecule has 0 aromatic rings. The van der Waals surface area contributed by atoms with Crippen molar-refractivity contribution in [2.45, 2.75) is 0 Å². The molecule has 0 aliphatic heterocycles. The number of rotatable bonds is 0. The zero-order chi connectivity index (χ0) is 3.41. The molecule has 0 rings (SSSR count). The number of halogens is 1. The third-order valence-corrected chi connectivity index (χ3v) is 0.227. The molecule has 0 aliphatic rings. The Balaban J connectivity index is 2.55. The van der Waals surface area contributed by atoms with E-state index in [1.54, 1.807) is 0 Å². The van der Waals surface area contributed by atoms with Gasteiger partial charge in [-0.3, -0.25) is 0 Å². The summed E-state index contributed by atoms with van der Waals surface area (Å²) in [5, 5.41) is 3.13. The van der Waals surface area contributed by atoms with Crippen LogP contribution in [0.3, 0.4) is 0 Å². The highest BCUT2D eigenvalue weighted by Gasteiger charge is 1.35. The first-order valence-electron chi connectivity index (χ1n) is 0.816. The third-order valence-electron chi connectivity index (χ3n) is 0.0756. The van der Waals surface area contributed by atoms with E-state index in [0.717, 1.165) is 0 Å². The van der Waals surface area contributed by atoms with E-state index in [-0.39, 0.29) is 0 Å². The molecule has 0 radical (unpaired) electrons. The second-order valence-corrected chi connectivity index (χ2v) is 0.427. The third kappa shape index (κ3) is 1.89. The molecule has 0 aromatic heterocycles. The largest absolute Gasteiger partial charge is 0.180 e. The van der Waals surface area contributed by atoms with E-state index in [0.29, 0.717) is 0 Å². The molecule has 2 nitrogen and oxygen atoms in total. The van der Waals surface area contributed by atoms with Gasteiger partial charge in [0, 0.05) is 0 Å². The maximum absolute atomic E-state index is 4.64. The van der Waals surface area contributed by atoms with Crippen molar-refractivity contribution in [1.82, 2.24) is 0 Å². The van der Waals surface area contributed by atoms with Crippen LogP contribution in [0.25, 0.3) is 0 Å². The van der Waals surface area contributed by atoms with E-state index in [9.17, 15) is 0 Å². The number of hydrogen-bond acceptors (Lipinski definition) is 2. The van der Waals surface area contributed by atoms with Crippen LogP contribution in [0.4, 0.5) is 0 Å². The molecule has 0 saturated carbocycles. The molecule has 0 saturated heterocycles. The van der Waals surface area contributed by atoms with Crippen molar-refractivity contribution in [1.29, 1.82) is 0 Å². The molecule has 0 heterocycles. The molecular weight excluding hydrogens is 75.5 g/mol. The Hall–Kier alpha value is -0.110. The summed E-state index contributed by atoms with van der Waals surface area (Å²) in [4.78, 5) is 0. The van der Waals surface area contributed by atoms with Crippen LogP contribution in [-0.2, 0) is 0 Å². The summed E-state index contributed by atoms with van der Waals surface area (Å²) < 4.78 is 2.83. The minimum absolute atomic E-state index is 1.51. The average Bonchev–Trinajstić information content (AvgIpc) is 1.37. The van der Waals surface area contributed by atoms with E-state index in [1.807, 2.05) is 0 Å². The lowest BCUT2D eigenvalue weighted by Gasteiger charge is -1.49. The molecule has 0 amide bonds. The van der Waals surface area contributed by atoms with Crippen LogP contribution in [0.1, 0.15) is 0 Å². The Morgan fingerprint density at radius 1 is 1.75 bits per heavy atom. The van der Waals surface area contributed by atoms with Gasteiger partial charge < -0.3 is 0 Å². The lowest BCUT2D eigenvalue weighted by molar-refractivity contribution is 1.25. The SMILES string of the molecule is C/N=N/Cl. The van der Waals surface area contributed by atoms with Crippen LogP contribution in [-0.4, -0.2) is 7.05 Å². The molecule has 0 aliphatic carbocycles. The van der Waals surface area contributed by atoms with E-state index in [1.165, 1.54) is 7.05 Å². The second-order valence-electron chi connectivity index (χ2n) is 0.276. The van der Waals surface area contributed by atoms with Crippen LogP contribution < -0.4 is 0 Å². The summed E-state index contributed by atoms with van der Waals surface area (Å²) in [5.41, 5.74) is 0. The van der Waals surface area contributed by atoms with Gasteiger partial charge in [0.05, 0.1) is 18.8 Å². The van der Waals surface area contributed by atoms with Crippen molar-refractivity contribution in [3.05, 3.63) is 0 Å². The molecule has 0 bridgehead atoms. The molecule has 0 unspecified atom stereocenters. The van der Waals surface area contributed by atoms with Gasteiger partial charge >= 0.3 is 0 Å². The van der Waals surface area contributed by atoms with Crippen molar-refractivity contribution in [2.75, 3.05) is 7.05 Å². The quantitative estimate of drug-likeness (QED) is 0.389. The first-order chi connectivity index (χ1) is 1.91. The van der Waals surface area contributed by atoms with Crippen molar-refractivity contribution >= 4 is 11.8 Å². The van der Waals surface area contributed by atoms with Crippen molar-refractivity contribution in [3.8, 4) is 0 Å². The predicted molar refractivity (Wildman–Crippen MR) is 16.6 cm³/mol. The molecule has 0 fully saturated rings. The normalized spacial score (nSPS) is 9.50. The summed E-state index contributed by atoms with van der Waals surface area (Å²) in [5.74, 6) is 0.